The summed E-state index contributed by atoms with van der Waals surface area (Å²) in [5.74, 6) is 0.530. The smallest absolute Gasteiger partial charge is 0.270 e. The van der Waals surface area contributed by atoms with Crippen molar-refractivity contribution >= 4 is 16.6 Å². The van der Waals surface area contributed by atoms with Crippen molar-refractivity contribution in [3.63, 3.8) is 0 Å². The van der Waals surface area contributed by atoms with Gasteiger partial charge in [0.25, 0.3) is 11.6 Å². The van der Waals surface area contributed by atoms with Crippen LogP contribution in [0.5, 0.6) is 0 Å². The Bertz CT molecular complexity index is 1030. The molecule has 0 radical (unpaired) electrons. The maximum Gasteiger partial charge on any atom is 0.270 e. The molecule has 0 atom stereocenters. The van der Waals surface area contributed by atoms with Crippen LogP contribution in [0.4, 0.5) is 5.69 Å². The first kappa shape index (κ1) is 15.5. The highest BCUT2D eigenvalue weighted by atomic mass is 16.6. The molecule has 1 aromatic carbocycles. The SMILES string of the molecule is NC1(c2noc(-c3cc(=O)[nH]c4ccc([N+](=O)[O-])cc34)n2)CCCC1. The molecule has 3 aromatic rings. The van der Waals surface area contributed by atoms with Crippen molar-refractivity contribution < 1.29 is 9.45 Å². The number of benzene rings is 1. The number of hydrogen-bond donors (Lipinski definition) is 2. The van der Waals surface area contributed by atoms with Crippen LogP contribution in [-0.2, 0) is 5.54 Å². The Morgan fingerprint density at radius 1 is 1.28 bits per heavy atom. The molecule has 4 rings (SSSR count). The molecule has 1 saturated carbocycles. The maximum absolute atomic E-state index is 11.9. The summed E-state index contributed by atoms with van der Waals surface area (Å²) in [5.41, 5.74) is 6.07. The van der Waals surface area contributed by atoms with E-state index in [2.05, 4.69) is 15.1 Å². The molecule has 25 heavy (non-hydrogen) atoms. The third kappa shape index (κ3) is 2.58. The van der Waals surface area contributed by atoms with Crippen molar-refractivity contribution in [3.05, 3.63) is 50.6 Å². The molecule has 1 aliphatic rings. The minimum atomic E-state index is -0.620. The Morgan fingerprint density at radius 3 is 2.76 bits per heavy atom. The summed E-state index contributed by atoms with van der Waals surface area (Å²) >= 11 is 0. The van der Waals surface area contributed by atoms with Gasteiger partial charge in [-0.15, -0.1) is 0 Å². The van der Waals surface area contributed by atoms with E-state index in [4.69, 9.17) is 10.3 Å². The lowest BCUT2D eigenvalue weighted by atomic mass is 9.98. The number of fused-ring (bicyclic) bond motifs is 1. The van der Waals surface area contributed by atoms with Crippen molar-refractivity contribution in [3.8, 4) is 11.5 Å². The second-order valence-electron chi connectivity index (χ2n) is 6.32. The molecule has 0 aliphatic heterocycles. The lowest BCUT2D eigenvalue weighted by Crippen LogP contribution is -2.34. The Balaban J connectivity index is 1.88. The zero-order chi connectivity index (χ0) is 17.6. The number of nitro benzene ring substituents is 1. The number of H-pyrrole nitrogens is 1. The van der Waals surface area contributed by atoms with E-state index in [9.17, 15) is 14.9 Å². The van der Waals surface area contributed by atoms with E-state index in [0.29, 0.717) is 22.3 Å². The first-order valence-corrected chi connectivity index (χ1v) is 7.91. The fourth-order valence-corrected chi connectivity index (χ4v) is 3.30. The van der Waals surface area contributed by atoms with E-state index in [1.54, 1.807) is 0 Å². The van der Waals surface area contributed by atoms with E-state index < -0.39 is 10.5 Å². The van der Waals surface area contributed by atoms with Gasteiger partial charge in [-0.2, -0.15) is 4.98 Å². The minimum absolute atomic E-state index is 0.0911. The van der Waals surface area contributed by atoms with Crippen LogP contribution in [-0.4, -0.2) is 20.0 Å². The molecule has 0 bridgehead atoms. The van der Waals surface area contributed by atoms with E-state index in [-0.39, 0.29) is 17.1 Å². The Hall–Kier alpha value is -3.07. The number of nitro groups is 1. The monoisotopic (exact) mass is 341 g/mol. The molecular weight excluding hydrogens is 326 g/mol. The largest absolute Gasteiger partial charge is 0.334 e. The van der Waals surface area contributed by atoms with Gasteiger partial charge in [0.2, 0.25) is 5.56 Å². The number of aromatic nitrogens is 3. The van der Waals surface area contributed by atoms with Gasteiger partial charge in [-0.1, -0.05) is 18.0 Å². The molecule has 128 valence electrons. The predicted octanol–water partition coefficient (Wildman–Crippen LogP) is 2.21. The van der Waals surface area contributed by atoms with Gasteiger partial charge in [0, 0.05) is 29.1 Å². The molecule has 0 unspecified atom stereocenters. The van der Waals surface area contributed by atoms with Crippen molar-refractivity contribution in [2.75, 3.05) is 0 Å². The lowest BCUT2D eigenvalue weighted by Gasteiger charge is -2.17. The molecule has 3 N–H and O–H groups in total. The molecule has 0 saturated heterocycles. The van der Waals surface area contributed by atoms with Crippen molar-refractivity contribution in [2.24, 2.45) is 5.73 Å². The van der Waals surface area contributed by atoms with Gasteiger partial charge in [-0.25, -0.2) is 0 Å². The van der Waals surface area contributed by atoms with Crippen molar-refractivity contribution in [1.29, 1.82) is 0 Å². The third-order valence-corrected chi connectivity index (χ3v) is 4.63. The fourth-order valence-electron chi connectivity index (χ4n) is 3.30. The number of nitrogens with two attached hydrogens (primary N) is 1. The van der Waals surface area contributed by atoms with Gasteiger partial charge < -0.3 is 15.2 Å². The number of non-ortho nitro benzene ring substituents is 1. The average molecular weight is 341 g/mol. The van der Waals surface area contributed by atoms with Crippen LogP contribution in [0.3, 0.4) is 0 Å². The number of pyridine rings is 1. The molecule has 0 amide bonds. The van der Waals surface area contributed by atoms with Crippen LogP contribution in [0.1, 0.15) is 31.5 Å². The zero-order valence-corrected chi connectivity index (χ0v) is 13.2. The summed E-state index contributed by atoms with van der Waals surface area (Å²) in [4.78, 5) is 29.5. The molecule has 2 heterocycles. The minimum Gasteiger partial charge on any atom is -0.334 e. The average Bonchev–Trinajstić information content (AvgIpc) is 3.23. The molecule has 1 aliphatic carbocycles. The number of rotatable bonds is 3. The first-order chi connectivity index (χ1) is 12.0. The van der Waals surface area contributed by atoms with Gasteiger partial charge in [0.1, 0.15) is 0 Å². The Labute approximate surface area is 141 Å². The van der Waals surface area contributed by atoms with Gasteiger partial charge in [0.05, 0.1) is 16.0 Å². The predicted molar refractivity (Wildman–Crippen MR) is 88.8 cm³/mol. The van der Waals surface area contributed by atoms with Crippen LogP contribution < -0.4 is 11.3 Å². The van der Waals surface area contributed by atoms with Crippen LogP contribution >= 0.6 is 0 Å². The van der Waals surface area contributed by atoms with Crippen LogP contribution in [0.2, 0.25) is 0 Å². The molecule has 9 heteroatoms. The van der Waals surface area contributed by atoms with Gasteiger partial charge in [-0.05, 0) is 18.9 Å². The Morgan fingerprint density at radius 2 is 2.04 bits per heavy atom. The summed E-state index contributed by atoms with van der Waals surface area (Å²) < 4.78 is 5.33. The van der Waals surface area contributed by atoms with Crippen LogP contribution in [0.25, 0.3) is 22.4 Å². The van der Waals surface area contributed by atoms with E-state index in [0.717, 1.165) is 25.7 Å². The molecule has 0 spiro atoms. The van der Waals surface area contributed by atoms with Crippen molar-refractivity contribution in [1.82, 2.24) is 15.1 Å². The second kappa shape index (κ2) is 5.49. The highest BCUT2D eigenvalue weighted by Gasteiger charge is 2.36. The topological polar surface area (TPSA) is 141 Å². The van der Waals surface area contributed by atoms with E-state index in [1.165, 1.54) is 24.3 Å². The maximum atomic E-state index is 11.9. The quantitative estimate of drug-likeness (QED) is 0.549. The van der Waals surface area contributed by atoms with Gasteiger partial charge in [-0.3, -0.25) is 14.9 Å². The summed E-state index contributed by atoms with van der Waals surface area (Å²) in [7, 11) is 0. The van der Waals surface area contributed by atoms with Gasteiger partial charge in [0.15, 0.2) is 5.82 Å². The first-order valence-electron chi connectivity index (χ1n) is 7.91. The van der Waals surface area contributed by atoms with E-state index >= 15 is 0 Å². The number of hydrogen-bond acceptors (Lipinski definition) is 7. The molecular formula is C16H15N5O4. The summed E-state index contributed by atoms with van der Waals surface area (Å²) in [6.45, 7) is 0. The Kier molecular flexibility index (Phi) is 3.39. The van der Waals surface area contributed by atoms with E-state index in [1.807, 2.05) is 0 Å². The summed E-state index contributed by atoms with van der Waals surface area (Å²) in [6, 6.07) is 5.48. The van der Waals surface area contributed by atoms with Crippen LogP contribution in [0, 0.1) is 10.1 Å². The number of nitrogens with zero attached hydrogens (tertiary/aromatic N) is 3. The van der Waals surface area contributed by atoms with Crippen LogP contribution in [0.15, 0.2) is 33.6 Å². The standard InChI is InChI=1S/C16H15N5O4/c17-16(5-1-2-6-16)15-19-14(25-20-15)11-8-13(22)18-12-4-3-9(21(23)24)7-10(11)12/h3-4,7-8H,1-2,5-6,17H2,(H,18,22). The molecule has 9 nitrogen and oxygen atoms in total. The van der Waals surface area contributed by atoms with Crippen molar-refractivity contribution in [2.45, 2.75) is 31.2 Å². The summed E-state index contributed by atoms with van der Waals surface area (Å²) in [6.07, 6.45) is 3.54. The summed E-state index contributed by atoms with van der Waals surface area (Å²) in [5, 5.41) is 15.5. The van der Waals surface area contributed by atoms with Gasteiger partial charge >= 0.3 is 0 Å². The fraction of sp³-hybridized carbons (Fsp3) is 0.312. The lowest BCUT2D eigenvalue weighted by molar-refractivity contribution is -0.384. The normalized spacial score (nSPS) is 16.4. The highest BCUT2D eigenvalue weighted by molar-refractivity contribution is 5.93. The number of aromatic amines is 1. The second-order valence-corrected chi connectivity index (χ2v) is 6.32. The highest BCUT2D eigenvalue weighted by Crippen LogP contribution is 2.36. The molecule has 2 aromatic heterocycles. The zero-order valence-electron chi connectivity index (χ0n) is 13.2. The number of nitrogens with one attached hydrogen (secondary N) is 1. The third-order valence-electron chi connectivity index (χ3n) is 4.63. The molecule has 1 fully saturated rings.